The van der Waals surface area contributed by atoms with E-state index in [1.54, 1.807) is 0 Å². The van der Waals surface area contributed by atoms with Crippen molar-refractivity contribution in [1.82, 2.24) is 4.90 Å². The van der Waals surface area contributed by atoms with E-state index in [2.05, 4.69) is 67.4 Å². The molecule has 0 atom stereocenters. The maximum Gasteiger partial charge on any atom is 0.0443 e. The molecule has 0 aliphatic carbocycles. The van der Waals surface area contributed by atoms with Crippen molar-refractivity contribution in [3.63, 3.8) is 0 Å². The molecule has 0 spiro atoms. The molecular weight excluding hydrogens is 498 g/mol. The summed E-state index contributed by atoms with van der Waals surface area (Å²) in [6.45, 7) is 8.36. The SMILES string of the molecule is CCCCC/C=C\C/C=C\CCCCCCCCN(CCCO)CCCCCCCC/C=C\C/C=C\CCCCC. The third kappa shape index (κ3) is 35.0. The highest BCUT2D eigenvalue weighted by molar-refractivity contribution is 4.93. The van der Waals surface area contributed by atoms with E-state index in [-0.39, 0.29) is 0 Å². The standard InChI is InChI=1S/C39H73NO/c1-3-5-7-9-11-13-15-17-19-21-23-25-27-29-31-33-36-40(38-35-39-41)37-34-32-30-28-26-24-22-20-18-16-14-12-10-8-6-4-2/h11-14,17-20,41H,3-10,15-16,21-39H2,1-2H3/b13-11-,14-12-,19-17-,20-18-. The average Bonchev–Trinajstić information content (AvgIpc) is 2.98. The number of rotatable bonds is 33. The van der Waals surface area contributed by atoms with Crippen LogP contribution in [0.2, 0.25) is 0 Å². The third-order valence-corrected chi connectivity index (χ3v) is 7.98. The average molecular weight is 572 g/mol. The molecular formula is C39H73NO. The highest BCUT2D eigenvalue weighted by Gasteiger charge is 2.04. The van der Waals surface area contributed by atoms with Crippen LogP contribution >= 0.6 is 0 Å². The summed E-state index contributed by atoms with van der Waals surface area (Å²) in [5.41, 5.74) is 0. The zero-order valence-electron chi connectivity index (χ0n) is 28.0. The minimum Gasteiger partial charge on any atom is -0.396 e. The van der Waals surface area contributed by atoms with Gasteiger partial charge in [-0.1, -0.05) is 140 Å². The molecule has 0 aromatic rings. The number of unbranched alkanes of at least 4 members (excludes halogenated alkanes) is 18. The Labute approximate surface area is 258 Å². The van der Waals surface area contributed by atoms with Crippen molar-refractivity contribution in [3.05, 3.63) is 48.6 Å². The Kier molecular flexibility index (Phi) is 35.9. The largest absolute Gasteiger partial charge is 0.396 e. The highest BCUT2D eigenvalue weighted by Crippen LogP contribution is 2.12. The molecule has 2 heteroatoms. The first kappa shape index (κ1) is 39.9. The summed E-state index contributed by atoms with van der Waals surface area (Å²) >= 11 is 0. The number of aliphatic hydroxyl groups is 1. The van der Waals surface area contributed by atoms with E-state index in [9.17, 15) is 5.11 Å². The second-order valence-electron chi connectivity index (χ2n) is 12.1. The molecule has 0 aromatic heterocycles. The van der Waals surface area contributed by atoms with Crippen LogP contribution in [0, 0.1) is 0 Å². The Morgan fingerprint density at radius 1 is 0.366 bits per heavy atom. The van der Waals surface area contributed by atoms with Gasteiger partial charge < -0.3 is 10.0 Å². The fourth-order valence-corrected chi connectivity index (χ4v) is 5.28. The normalized spacial score (nSPS) is 12.5. The van der Waals surface area contributed by atoms with Crippen LogP contribution in [0.25, 0.3) is 0 Å². The molecule has 0 aliphatic heterocycles. The van der Waals surface area contributed by atoms with Crippen LogP contribution in [0.1, 0.15) is 174 Å². The van der Waals surface area contributed by atoms with Crippen molar-refractivity contribution in [2.75, 3.05) is 26.2 Å². The summed E-state index contributed by atoms with van der Waals surface area (Å²) in [7, 11) is 0. The maximum absolute atomic E-state index is 9.30. The molecule has 0 aromatic carbocycles. The first-order valence-electron chi connectivity index (χ1n) is 18.3. The van der Waals surface area contributed by atoms with Gasteiger partial charge in [-0.15, -0.1) is 0 Å². The highest BCUT2D eigenvalue weighted by atomic mass is 16.3. The number of hydrogen-bond donors (Lipinski definition) is 1. The van der Waals surface area contributed by atoms with Gasteiger partial charge >= 0.3 is 0 Å². The van der Waals surface area contributed by atoms with Gasteiger partial charge in [0.2, 0.25) is 0 Å². The van der Waals surface area contributed by atoms with Crippen LogP contribution in [0.15, 0.2) is 48.6 Å². The lowest BCUT2D eigenvalue weighted by Gasteiger charge is -2.22. The summed E-state index contributed by atoms with van der Waals surface area (Å²) in [4.78, 5) is 2.61. The fourth-order valence-electron chi connectivity index (χ4n) is 5.28. The molecule has 0 rings (SSSR count). The number of nitrogens with zero attached hydrogens (tertiary/aromatic N) is 1. The van der Waals surface area contributed by atoms with E-state index in [1.807, 2.05) is 0 Å². The zero-order chi connectivity index (χ0) is 29.7. The van der Waals surface area contributed by atoms with E-state index >= 15 is 0 Å². The molecule has 0 unspecified atom stereocenters. The van der Waals surface area contributed by atoms with Crippen LogP contribution in [-0.4, -0.2) is 36.2 Å². The Morgan fingerprint density at radius 2 is 0.683 bits per heavy atom. The lowest BCUT2D eigenvalue weighted by atomic mass is 10.1. The number of aliphatic hydroxyl groups excluding tert-OH is 1. The summed E-state index contributed by atoms with van der Waals surface area (Å²) in [6, 6.07) is 0. The van der Waals surface area contributed by atoms with E-state index < -0.39 is 0 Å². The molecule has 0 radical (unpaired) electrons. The smallest absolute Gasteiger partial charge is 0.0443 e. The molecule has 0 heterocycles. The van der Waals surface area contributed by atoms with Crippen molar-refractivity contribution in [2.24, 2.45) is 0 Å². The predicted octanol–water partition coefficient (Wildman–Crippen LogP) is 12.3. The van der Waals surface area contributed by atoms with Gasteiger partial charge in [0.25, 0.3) is 0 Å². The molecule has 2 nitrogen and oxygen atoms in total. The van der Waals surface area contributed by atoms with Crippen molar-refractivity contribution < 1.29 is 5.11 Å². The molecule has 0 fully saturated rings. The monoisotopic (exact) mass is 572 g/mol. The lowest BCUT2D eigenvalue weighted by molar-refractivity contribution is 0.217. The van der Waals surface area contributed by atoms with Crippen LogP contribution in [0.4, 0.5) is 0 Å². The minimum absolute atomic E-state index is 0.323. The predicted molar refractivity (Wildman–Crippen MR) is 187 cm³/mol. The van der Waals surface area contributed by atoms with E-state index in [1.165, 1.54) is 154 Å². The summed E-state index contributed by atoms with van der Waals surface area (Å²) in [5.74, 6) is 0. The van der Waals surface area contributed by atoms with Crippen LogP contribution in [-0.2, 0) is 0 Å². The van der Waals surface area contributed by atoms with Crippen molar-refractivity contribution in [3.8, 4) is 0 Å². The van der Waals surface area contributed by atoms with Gasteiger partial charge in [0.1, 0.15) is 0 Å². The van der Waals surface area contributed by atoms with Gasteiger partial charge in [0.05, 0.1) is 0 Å². The zero-order valence-corrected chi connectivity index (χ0v) is 28.0. The fraction of sp³-hybridized carbons (Fsp3) is 0.795. The molecule has 0 saturated carbocycles. The first-order valence-corrected chi connectivity index (χ1v) is 18.3. The van der Waals surface area contributed by atoms with Crippen molar-refractivity contribution in [2.45, 2.75) is 174 Å². The first-order chi connectivity index (χ1) is 20.3. The summed E-state index contributed by atoms with van der Waals surface area (Å²) in [6.07, 6.45) is 51.2. The van der Waals surface area contributed by atoms with Crippen molar-refractivity contribution >= 4 is 0 Å². The number of hydrogen-bond acceptors (Lipinski definition) is 2. The topological polar surface area (TPSA) is 23.5 Å². The van der Waals surface area contributed by atoms with Gasteiger partial charge in [-0.05, 0) is 96.6 Å². The number of allylic oxidation sites excluding steroid dienone is 8. The van der Waals surface area contributed by atoms with Gasteiger partial charge in [0, 0.05) is 13.2 Å². The molecule has 0 bridgehead atoms. The van der Waals surface area contributed by atoms with Crippen molar-refractivity contribution in [1.29, 1.82) is 0 Å². The Bertz CT molecular complexity index is 542. The lowest BCUT2D eigenvalue weighted by Crippen LogP contribution is -2.27. The second-order valence-corrected chi connectivity index (χ2v) is 12.1. The van der Waals surface area contributed by atoms with Gasteiger partial charge in [-0.3, -0.25) is 0 Å². The minimum atomic E-state index is 0.323. The van der Waals surface area contributed by atoms with Crippen LogP contribution in [0.3, 0.4) is 0 Å². The second kappa shape index (κ2) is 36.9. The quantitative estimate of drug-likeness (QED) is 0.0625. The Morgan fingerprint density at radius 3 is 1.05 bits per heavy atom. The Hall–Kier alpha value is -1.12. The maximum atomic E-state index is 9.30. The third-order valence-electron chi connectivity index (χ3n) is 7.98. The molecule has 0 aliphatic rings. The van der Waals surface area contributed by atoms with E-state index in [4.69, 9.17) is 0 Å². The molecule has 1 N–H and O–H groups in total. The van der Waals surface area contributed by atoms with E-state index in [0.717, 1.165) is 25.8 Å². The van der Waals surface area contributed by atoms with Crippen LogP contribution in [0.5, 0.6) is 0 Å². The Balaban J connectivity index is 3.60. The molecule has 0 amide bonds. The molecule has 41 heavy (non-hydrogen) atoms. The van der Waals surface area contributed by atoms with Gasteiger partial charge in [0.15, 0.2) is 0 Å². The molecule has 0 saturated heterocycles. The van der Waals surface area contributed by atoms with Gasteiger partial charge in [-0.25, -0.2) is 0 Å². The molecule has 240 valence electrons. The summed E-state index contributed by atoms with van der Waals surface area (Å²) < 4.78 is 0. The summed E-state index contributed by atoms with van der Waals surface area (Å²) in [5, 5.41) is 9.30. The van der Waals surface area contributed by atoms with Gasteiger partial charge in [-0.2, -0.15) is 0 Å². The van der Waals surface area contributed by atoms with E-state index in [0.29, 0.717) is 6.61 Å². The van der Waals surface area contributed by atoms with Crippen LogP contribution < -0.4 is 0 Å².